The van der Waals surface area contributed by atoms with E-state index in [0.717, 1.165) is 5.52 Å². The second-order valence-electron chi connectivity index (χ2n) is 4.05. The molecule has 14 heavy (non-hydrogen) atoms. The zero-order chi connectivity index (χ0) is 10.2. The molecule has 0 saturated carbocycles. The van der Waals surface area contributed by atoms with E-state index in [9.17, 15) is 0 Å². The van der Waals surface area contributed by atoms with Crippen LogP contribution in [-0.4, -0.2) is 4.98 Å². The fourth-order valence-corrected chi connectivity index (χ4v) is 1.53. The number of aromatic nitrogens is 1. The van der Waals surface area contributed by atoms with Crippen LogP contribution in [0.4, 0.5) is 0 Å². The molecule has 1 aromatic carbocycles. The predicted octanol–water partition coefficient (Wildman–Crippen LogP) is 3.08. The van der Waals surface area contributed by atoms with Gasteiger partial charge in [-0.05, 0) is 43.0 Å². The van der Waals surface area contributed by atoms with Gasteiger partial charge in [-0.3, -0.25) is 0 Å². The Bertz CT molecular complexity index is 497. The van der Waals surface area contributed by atoms with E-state index in [1.54, 1.807) is 0 Å². The molecule has 2 rings (SSSR count). The summed E-state index contributed by atoms with van der Waals surface area (Å²) in [5, 5.41) is 1.21. The van der Waals surface area contributed by atoms with Gasteiger partial charge in [-0.1, -0.05) is 12.0 Å². The predicted molar refractivity (Wildman–Crippen MR) is 60.2 cm³/mol. The summed E-state index contributed by atoms with van der Waals surface area (Å²) in [5.41, 5.74) is 2.15. The number of terminal acetylenes is 1. The first-order valence-electron chi connectivity index (χ1n) is 4.69. The molecule has 0 fully saturated rings. The van der Waals surface area contributed by atoms with Gasteiger partial charge in [-0.2, -0.15) is 0 Å². The summed E-state index contributed by atoms with van der Waals surface area (Å²) >= 11 is 0. The molecule has 0 amide bonds. The molecule has 0 bridgehead atoms. The molecule has 0 spiro atoms. The Hall–Kier alpha value is -1.68. The number of nitrogens with one attached hydrogen (secondary N) is 1. The van der Waals surface area contributed by atoms with Gasteiger partial charge in [0.2, 0.25) is 0 Å². The third kappa shape index (κ3) is 1.29. The molecule has 0 aliphatic carbocycles. The van der Waals surface area contributed by atoms with Gasteiger partial charge in [0, 0.05) is 11.7 Å². The zero-order valence-corrected chi connectivity index (χ0v) is 8.46. The Kier molecular flexibility index (Phi) is 1.86. The van der Waals surface area contributed by atoms with Crippen LogP contribution in [-0.2, 0) is 5.41 Å². The number of H-pyrrole nitrogens is 1. The van der Waals surface area contributed by atoms with Gasteiger partial charge in [-0.25, -0.2) is 0 Å². The summed E-state index contributed by atoms with van der Waals surface area (Å²) in [4.78, 5) is 3.16. The van der Waals surface area contributed by atoms with Gasteiger partial charge in [0.25, 0.3) is 0 Å². The third-order valence-electron chi connectivity index (χ3n) is 2.64. The first-order valence-corrected chi connectivity index (χ1v) is 4.69. The molecule has 1 heterocycles. The topological polar surface area (TPSA) is 15.8 Å². The lowest BCUT2D eigenvalue weighted by Crippen LogP contribution is -2.13. The van der Waals surface area contributed by atoms with Crippen molar-refractivity contribution in [2.24, 2.45) is 0 Å². The Balaban J connectivity index is 2.61. The summed E-state index contributed by atoms with van der Waals surface area (Å²) < 4.78 is 0. The fraction of sp³-hybridized carbons (Fsp3) is 0.231. The van der Waals surface area contributed by atoms with Crippen molar-refractivity contribution in [3.8, 4) is 12.3 Å². The largest absolute Gasteiger partial charge is 0.361 e. The molecule has 2 aromatic rings. The average Bonchev–Trinajstić information content (AvgIpc) is 2.64. The number of hydrogen-bond acceptors (Lipinski definition) is 0. The Morgan fingerprint density at radius 2 is 2.07 bits per heavy atom. The van der Waals surface area contributed by atoms with Gasteiger partial charge >= 0.3 is 0 Å². The first-order chi connectivity index (χ1) is 6.63. The van der Waals surface area contributed by atoms with E-state index in [2.05, 4.69) is 49.0 Å². The quantitative estimate of drug-likeness (QED) is 0.654. The van der Waals surface area contributed by atoms with Crippen LogP contribution in [0, 0.1) is 12.3 Å². The number of benzene rings is 1. The van der Waals surface area contributed by atoms with Crippen molar-refractivity contribution in [2.75, 3.05) is 0 Å². The van der Waals surface area contributed by atoms with E-state index in [1.807, 2.05) is 6.20 Å². The molecule has 0 aliphatic heterocycles. The van der Waals surface area contributed by atoms with Gasteiger partial charge in [-0.15, -0.1) is 6.42 Å². The molecule has 1 heteroatoms. The van der Waals surface area contributed by atoms with Gasteiger partial charge in [0.05, 0.1) is 5.41 Å². The van der Waals surface area contributed by atoms with Crippen LogP contribution in [0.2, 0.25) is 0 Å². The lowest BCUT2D eigenvalue weighted by atomic mass is 9.85. The van der Waals surface area contributed by atoms with Crippen molar-refractivity contribution >= 4 is 10.9 Å². The van der Waals surface area contributed by atoms with Crippen molar-refractivity contribution in [3.63, 3.8) is 0 Å². The minimum absolute atomic E-state index is 0.189. The Labute approximate surface area is 84.1 Å². The minimum Gasteiger partial charge on any atom is -0.361 e. The van der Waals surface area contributed by atoms with E-state index in [-0.39, 0.29) is 5.41 Å². The second kappa shape index (κ2) is 2.92. The molecule has 0 atom stereocenters. The lowest BCUT2D eigenvalue weighted by Gasteiger charge is -2.17. The monoisotopic (exact) mass is 183 g/mol. The minimum atomic E-state index is -0.189. The summed E-state index contributed by atoms with van der Waals surface area (Å²) in [6.07, 6.45) is 7.44. The maximum Gasteiger partial charge on any atom is 0.0504 e. The van der Waals surface area contributed by atoms with Crippen LogP contribution in [0.15, 0.2) is 30.5 Å². The normalized spacial score (nSPS) is 11.5. The molecule has 0 unspecified atom stereocenters. The zero-order valence-electron chi connectivity index (χ0n) is 8.46. The highest BCUT2D eigenvalue weighted by molar-refractivity contribution is 5.80. The van der Waals surface area contributed by atoms with E-state index >= 15 is 0 Å². The highest BCUT2D eigenvalue weighted by Gasteiger charge is 2.16. The molecule has 1 aromatic heterocycles. The van der Waals surface area contributed by atoms with Gasteiger partial charge in [0.1, 0.15) is 0 Å². The molecular weight excluding hydrogens is 170 g/mol. The van der Waals surface area contributed by atoms with Crippen LogP contribution in [0.25, 0.3) is 10.9 Å². The summed E-state index contributed by atoms with van der Waals surface area (Å²) in [6.45, 7) is 4.11. The highest BCUT2D eigenvalue weighted by Crippen LogP contribution is 2.25. The maximum absolute atomic E-state index is 5.50. The molecule has 1 nitrogen and oxygen atoms in total. The SMILES string of the molecule is C#CC(C)(C)c1ccc2[nH]ccc2c1. The number of hydrogen-bond donors (Lipinski definition) is 1. The second-order valence-corrected chi connectivity index (χ2v) is 4.05. The van der Waals surface area contributed by atoms with Crippen molar-refractivity contribution in [3.05, 3.63) is 36.0 Å². The van der Waals surface area contributed by atoms with E-state index in [4.69, 9.17) is 6.42 Å². The molecule has 1 N–H and O–H groups in total. The summed E-state index contributed by atoms with van der Waals surface area (Å²) in [6, 6.07) is 8.36. The van der Waals surface area contributed by atoms with E-state index in [0.29, 0.717) is 0 Å². The average molecular weight is 183 g/mol. The van der Waals surface area contributed by atoms with Crippen molar-refractivity contribution in [1.29, 1.82) is 0 Å². The lowest BCUT2D eigenvalue weighted by molar-refractivity contribution is 0.700. The van der Waals surface area contributed by atoms with E-state index < -0.39 is 0 Å². The number of fused-ring (bicyclic) bond motifs is 1. The molecular formula is C13H13N. The van der Waals surface area contributed by atoms with Crippen LogP contribution in [0.3, 0.4) is 0 Å². The van der Waals surface area contributed by atoms with Crippen LogP contribution in [0.1, 0.15) is 19.4 Å². The standard InChI is InChI=1S/C13H13N/c1-4-13(2,3)11-5-6-12-10(9-11)7-8-14-12/h1,5-9,14H,2-3H3. The first kappa shape index (κ1) is 8.90. The number of aromatic amines is 1. The molecule has 0 saturated heterocycles. The Morgan fingerprint density at radius 3 is 2.79 bits per heavy atom. The van der Waals surface area contributed by atoms with Gasteiger partial charge < -0.3 is 4.98 Å². The summed E-state index contributed by atoms with van der Waals surface area (Å²) in [5.74, 6) is 2.80. The van der Waals surface area contributed by atoms with Crippen LogP contribution in [0.5, 0.6) is 0 Å². The fourth-order valence-electron chi connectivity index (χ4n) is 1.53. The van der Waals surface area contributed by atoms with Gasteiger partial charge in [0.15, 0.2) is 0 Å². The maximum atomic E-state index is 5.50. The highest BCUT2D eigenvalue weighted by atomic mass is 14.7. The third-order valence-corrected chi connectivity index (χ3v) is 2.64. The Morgan fingerprint density at radius 1 is 1.29 bits per heavy atom. The van der Waals surface area contributed by atoms with Crippen molar-refractivity contribution in [1.82, 2.24) is 4.98 Å². The molecule has 0 aliphatic rings. The number of rotatable bonds is 1. The smallest absolute Gasteiger partial charge is 0.0504 e. The van der Waals surface area contributed by atoms with Crippen LogP contribution >= 0.6 is 0 Å². The molecule has 70 valence electrons. The molecule has 0 radical (unpaired) electrons. The summed E-state index contributed by atoms with van der Waals surface area (Å²) in [7, 11) is 0. The van der Waals surface area contributed by atoms with Crippen LogP contribution < -0.4 is 0 Å². The van der Waals surface area contributed by atoms with Crippen molar-refractivity contribution < 1.29 is 0 Å². The van der Waals surface area contributed by atoms with Crippen molar-refractivity contribution in [2.45, 2.75) is 19.3 Å². The van der Waals surface area contributed by atoms with E-state index in [1.165, 1.54) is 10.9 Å².